The molecular weight excluding hydrogens is 200 g/mol. The van der Waals surface area contributed by atoms with Crippen LogP contribution in [-0.2, 0) is 0 Å². The van der Waals surface area contributed by atoms with Gasteiger partial charge in [0.1, 0.15) is 0 Å². The summed E-state index contributed by atoms with van der Waals surface area (Å²) in [6.45, 7) is 1.90. The summed E-state index contributed by atoms with van der Waals surface area (Å²) < 4.78 is 0. The predicted octanol–water partition coefficient (Wildman–Crippen LogP) is 1.86. The van der Waals surface area contributed by atoms with Gasteiger partial charge in [-0.1, -0.05) is 6.07 Å². The summed E-state index contributed by atoms with van der Waals surface area (Å²) in [7, 11) is 0. The van der Waals surface area contributed by atoms with Gasteiger partial charge in [-0.25, -0.2) is 0 Å². The second kappa shape index (κ2) is 3.00. The number of nitrogen functional groups attached to an aromatic ring is 1. The molecule has 0 aromatic heterocycles. The van der Waals surface area contributed by atoms with Gasteiger partial charge in [-0.15, -0.1) is 0 Å². The van der Waals surface area contributed by atoms with Crippen molar-refractivity contribution in [1.29, 1.82) is 0 Å². The van der Waals surface area contributed by atoms with Crippen molar-refractivity contribution in [1.82, 2.24) is 5.32 Å². The monoisotopic (exact) mass is 216 g/mol. The molecule has 3 N–H and O–H groups in total. The Bertz CT molecular complexity index is 450. The molecule has 3 saturated carbocycles. The first-order chi connectivity index (χ1) is 7.60. The van der Waals surface area contributed by atoms with Crippen molar-refractivity contribution >= 4 is 11.6 Å². The van der Waals surface area contributed by atoms with E-state index in [1.807, 2.05) is 25.1 Å². The van der Waals surface area contributed by atoms with Crippen LogP contribution in [0.5, 0.6) is 0 Å². The van der Waals surface area contributed by atoms with Gasteiger partial charge in [0.25, 0.3) is 5.91 Å². The van der Waals surface area contributed by atoms with E-state index in [1.165, 1.54) is 19.3 Å². The summed E-state index contributed by atoms with van der Waals surface area (Å²) in [6.07, 6.45) is 3.50. The Balaban J connectivity index is 1.80. The van der Waals surface area contributed by atoms with Crippen molar-refractivity contribution < 1.29 is 4.79 Å². The van der Waals surface area contributed by atoms with Crippen LogP contribution >= 0.6 is 0 Å². The summed E-state index contributed by atoms with van der Waals surface area (Å²) in [5.41, 5.74) is 8.22. The minimum atomic E-state index is 0.0305. The number of nitrogens with two attached hydrogens (primary N) is 1. The molecule has 1 amide bonds. The highest BCUT2D eigenvalue weighted by Gasteiger charge is 2.57. The zero-order valence-corrected chi connectivity index (χ0v) is 9.42. The molecule has 0 heterocycles. The molecule has 0 atom stereocenters. The van der Waals surface area contributed by atoms with Crippen LogP contribution in [0.1, 0.15) is 35.2 Å². The van der Waals surface area contributed by atoms with Crippen LogP contribution in [0.4, 0.5) is 5.69 Å². The maximum Gasteiger partial charge on any atom is 0.252 e. The number of hydrogen-bond acceptors (Lipinski definition) is 2. The molecule has 1 aromatic rings. The second-order valence-electron chi connectivity index (χ2n) is 5.23. The molecule has 84 valence electrons. The lowest BCUT2D eigenvalue weighted by Gasteiger charge is -2.61. The minimum Gasteiger partial charge on any atom is -0.398 e. The van der Waals surface area contributed by atoms with E-state index in [9.17, 15) is 4.79 Å². The molecule has 0 radical (unpaired) electrons. The number of rotatable bonds is 2. The first-order valence-corrected chi connectivity index (χ1v) is 5.77. The number of anilines is 1. The standard InChI is InChI=1S/C13H16N2O/c1-8-10(3-2-4-11(8)14)12(16)15-13-5-9(6-13)7-13/h2-4,9H,5-7,14H2,1H3,(H,15,16). The maximum atomic E-state index is 12.1. The third kappa shape index (κ3) is 1.24. The Labute approximate surface area is 95.0 Å². The molecule has 3 aliphatic rings. The first-order valence-electron chi connectivity index (χ1n) is 5.77. The SMILES string of the molecule is Cc1c(N)cccc1C(=O)NC12CC(C1)C2. The second-order valence-corrected chi connectivity index (χ2v) is 5.23. The van der Waals surface area contributed by atoms with Crippen molar-refractivity contribution in [2.45, 2.75) is 31.7 Å². The van der Waals surface area contributed by atoms with Gasteiger partial charge in [-0.3, -0.25) is 4.79 Å². The summed E-state index contributed by atoms with van der Waals surface area (Å²) in [5, 5.41) is 3.15. The van der Waals surface area contributed by atoms with Crippen molar-refractivity contribution in [3.05, 3.63) is 29.3 Å². The zero-order valence-electron chi connectivity index (χ0n) is 9.42. The van der Waals surface area contributed by atoms with Gasteiger partial charge < -0.3 is 11.1 Å². The van der Waals surface area contributed by atoms with Gasteiger partial charge in [0.15, 0.2) is 0 Å². The lowest BCUT2D eigenvalue weighted by atomic mass is 9.50. The van der Waals surface area contributed by atoms with Crippen LogP contribution in [0.2, 0.25) is 0 Å². The molecule has 2 bridgehead atoms. The highest BCUT2D eigenvalue weighted by molar-refractivity contribution is 5.97. The highest BCUT2D eigenvalue weighted by atomic mass is 16.1. The predicted molar refractivity (Wildman–Crippen MR) is 63.1 cm³/mol. The Morgan fingerprint density at radius 3 is 2.69 bits per heavy atom. The van der Waals surface area contributed by atoms with E-state index in [0.717, 1.165) is 11.5 Å². The normalized spacial score (nSPS) is 30.2. The number of carbonyl (C=O) groups is 1. The van der Waals surface area contributed by atoms with Crippen molar-refractivity contribution in [3.63, 3.8) is 0 Å². The fourth-order valence-electron chi connectivity index (χ4n) is 2.84. The Hall–Kier alpha value is -1.51. The van der Waals surface area contributed by atoms with Gasteiger partial charge in [-0.2, -0.15) is 0 Å². The summed E-state index contributed by atoms with van der Waals surface area (Å²) >= 11 is 0. The lowest BCUT2D eigenvalue weighted by Crippen LogP contribution is -2.68. The van der Waals surface area contributed by atoms with Crippen molar-refractivity contribution in [2.75, 3.05) is 5.73 Å². The fourth-order valence-corrected chi connectivity index (χ4v) is 2.84. The van der Waals surface area contributed by atoms with Gasteiger partial charge in [0.2, 0.25) is 0 Å². The fraction of sp³-hybridized carbons (Fsp3) is 0.462. The van der Waals surface area contributed by atoms with Gasteiger partial charge in [0, 0.05) is 16.8 Å². The molecule has 3 heteroatoms. The number of amides is 1. The number of hydrogen-bond donors (Lipinski definition) is 2. The molecule has 0 unspecified atom stereocenters. The largest absolute Gasteiger partial charge is 0.398 e. The van der Waals surface area contributed by atoms with Crippen LogP contribution in [0.15, 0.2) is 18.2 Å². The zero-order chi connectivity index (χ0) is 11.3. The number of carbonyl (C=O) groups excluding carboxylic acids is 1. The first kappa shape index (κ1) is 9.70. The maximum absolute atomic E-state index is 12.1. The average Bonchev–Trinajstić information content (AvgIpc) is 2.13. The van der Waals surface area contributed by atoms with Crippen molar-refractivity contribution in [2.24, 2.45) is 5.92 Å². The minimum absolute atomic E-state index is 0.0305. The van der Waals surface area contributed by atoms with E-state index < -0.39 is 0 Å². The molecule has 0 saturated heterocycles. The van der Waals surface area contributed by atoms with Gasteiger partial charge in [0.05, 0.1) is 0 Å². The number of benzene rings is 1. The average molecular weight is 216 g/mol. The molecule has 0 aliphatic heterocycles. The smallest absolute Gasteiger partial charge is 0.252 e. The van der Waals surface area contributed by atoms with Crippen LogP contribution in [0.3, 0.4) is 0 Å². The summed E-state index contributed by atoms with van der Waals surface area (Å²) in [6, 6.07) is 5.50. The molecule has 16 heavy (non-hydrogen) atoms. The summed E-state index contributed by atoms with van der Waals surface area (Å²) in [4.78, 5) is 12.1. The van der Waals surface area contributed by atoms with E-state index in [1.54, 1.807) is 0 Å². The van der Waals surface area contributed by atoms with Crippen LogP contribution in [-0.4, -0.2) is 11.4 Å². The van der Waals surface area contributed by atoms with E-state index in [0.29, 0.717) is 11.3 Å². The number of nitrogens with one attached hydrogen (secondary N) is 1. The summed E-state index contributed by atoms with van der Waals surface area (Å²) in [5.74, 6) is 0.908. The van der Waals surface area contributed by atoms with Crippen LogP contribution in [0.25, 0.3) is 0 Å². The van der Waals surface area contributed by atoms with E-state index in [4.69, 9.17) is 5.73 Å². The Kier molecular flexibility index (Phi) is 1.82. The van der Waals surface area contributed by atoms with Crippen LogP contribution < -0.4 is 11.1 Å². The molecule has 3 aliphatic carbocycles. The lowest BCUT2D eigenvalue weighted by molar-refractivity contribution is -0.0438. The molecular formula is C13H16N2O. The Morgan fingerprint density at radius 1 is 1.44 bits per heavy atom. The van der Waals surface area contributed by atoms with E-state index in [2.05, 4.69) is 5.32 Å². The van der Waals surface area contributed by atoms with Crippen LogP contribution in [0, 0.1) is 12.8 Å². The quantitative estimate of drug-likeness (QED) is 0.741. The topological polar surface area (TPSA) is 55.1 Å². The molecule has 1 aromatic carbocycles. The highest BCUT2D eigenvalue weighted by Crippen LogP contribution is 2.57. The Morgan fingerprint density at radius 2 is 2.12 bits per heavy atom. The van der Waals surface area contributed by atoms with Crippen molar-refractivity contribution in [3.8, 4) is 0 Å². The molecule has 0 spiro atoms. The third-order valence-electron chi connectivity index (χ3n) is 4.04. The van der Waals surface area contributed by atoms with E-state index in [-0.39, 0.29) is 11.4 Å². The van der Waals surface area contributed by atoms with E-state index >= 15 is 0 Å². The third-order valence-corrected chi connectivity index (χ3v) is 4.04. The molecule has 4 rings (SSSR count). The molecule has 3 nitrogen and oxygen atoms in total. The van der Waals surface area contributed by atoms with Gasteiger partial charge in [-0.05, 0) is 49.8 Å². The van der Waals surface area contributed by atoms with Gasteiger partial charge >= 0.3 is 0 Å². The molecule has 3 fully saturated rings.